The van der Waals surface area contributed by atoms with Gasteiger partial charge in [-0.1, -0.05) is 41.5 Å². The van der Waals surface area contributed by atoms with Crippen LogP contribution < -0.4 is 10.1 Å². The maximum Gasteiger partial charge on any atom is 0.266 e. The molecule has 5 nitrogen and oxygen atoms in total. The van der Waals surface area contributed by atoms with Crippen LogP contribution in [-0.4, -0.2) is 11.0 Å². The SMILES string of the molecule is Cc1cc(C)cc(COc2ccc(/C=C(\C#N)C(=O)Nc3ccc(O)cc3)cc2)c1. The highest BCUT2D eigenvalue weighted by Gasteiger charge is 2.09. The van der Waals surface area contributed by atoms with E-state index in [9.17, 15) is 15.2 Å². The summed E-state index contributed by atoms with van der Waals surface area (Å²) in [4.78, 5) is 12.3. The number of carbonyl (C=O) groups is 1. The van der Waals surface area contributed by atoms with Crippen LogP contribution in [-0.2, 0) is 11.4 Å². The number of anilines is 1. The van der Waals surface area contributed by atoms with E-state index in [1.165, 1.54) is 29.3 Å². The topological polar surface area (TPSA) is 82.3 Å². The van der Waals surface area contributed by atoms with Crippen molar-refractivity contribution in [2.75, 3.05) is 5.32 Å². The van der Waals surface area contributed by atoms with Crippen LogP contribution in [0.4, 0.5) is 5.69 Å². The van der Waals surface area contributed by atoms with Gasteiger partial charge in [-0.2, -0.15) is 5.26 Å². The summed E-state index contributed by atoms with van der Waals surface area (Å²) in [6.07, 6.45) is 1.52. The smallest absolute Gasteiger partial charge is 0.266 e. The van der Waals surface area contributed by atoms with Gasteiger partial charge in [-0.3, -0.25) is 4.79 Å². The molecule has 1 amide bonds. The summed E-state index contributed by atoms with van der Waals surface area (Å²) in [5.74, 6) is 0.292. The number of aromatic hydroxyl groups is 1. The summed E-state index contributed by atoms with van der Waals surface area (Å²) in [6.45, 7) is 4.58. The number of amides is 1. The van der Waals surface area contributed by atoms with Gasteiger partial charge in [0.15, 0.2) is 0 Å². The van der Waals surface area contributed by atoms with Crippen LogP contribution in [0.3, 0.4) is 0 Å². The monoisotopic (exact) mass is 398 g/mol. The molecule has 3 aromatic rings. The van der Waals surface area contributed by atoms with Gasteiger partial charge >= 0.3 is 0 Å². The zero-order chi connectivity index (χ0) is 21.5. The molecular weight excluding hydrogens is 376 g/mol. The van der Waals surface area contributed by atoms with Crippen LogP contribution in [0.5, 0.6) is 11.5 Å². The maximum atomic E-state index is 12.3. The second-order valence-corrected chi connectivity index (χ2v) is 7.02. The molecule has 150 valence electrons. The van der Waals surface area contributed by atoms with E-state index < -0.39 is 5.91 Å². The molecule has 0 saturated heterocycles. The van der Waals surface area contributed by atoms with E-state index in [1.807, 2.05) is 6.07 Å². The van der Waals surface area contributed by atoms with E-state index in [0.717, 1.165) is 5.56 Å². The largest absolute Gasteiger partial charge is 0.508 e. The number of carbonyl (C=O) groups excluding carboxylic acids is 1. The van der Waals surface area contributed by atoms with Crippen LogP contribution in [0.25, 0.3) is 6.08 Å². The van der Waals surface area contributed by atoms with E-state index in [1.54, 1.807) is 36.4 Å². The molecule has 0 bridgehead atoms. The van der Waals surface area contributed by atoms with Gasteiger partial charge in [0, 0.05) is 5.69 Å². The minimum atomic E-state index is -0.515. The summed E-state index contributed by atoms with van der Waals surface area (Å²) >= 11 is 0. The molecule has 0 aliphatic heterocycles. The van der Waals surface area contributed by atoms with Crippen molar-refractivity contribution in [2.45, 2.75) is 20.5 Å². The van der Waals surface area contributed by atoms with E-state index in [-0.39, 0.29) is 11.3 Å². The zero-order valence-electron chi connectivity index (χ0n) is 16.8. The lowest BCUT2D eigenvalue weighted by Crippen LogP contribution is -2.13. The Kier molecular flexibility index (Phi) is 6.51. The lowest BCUT2D eigenvalue weighted by molar-refractivity contribution is -0.112. The van der Waals surface area contributed by atoms with E-state index in [2.05, 4.69) is 37.4 Å². The standard InChI is InChI=1S/C25H22N2O3/c1-17-11-18(2)13-20(12-17)16-30-24-9-3-19(4-10-24)14-21(15-26)25(29)27-22-5-7-23(28)8-6-22/h3-14,28H,16H2,1-2H3,(H,27,29)/b21-14+. The lowest BCUT2D eigenvalue weighted by Gasteiger charge is -2.08. The van der Waals surface area contributed by atoms with Gasteiger partial charge in [0.25, 0.3) is 5.91 Å². The molecule has 0 aromatic heterocycles. The number of phenols is 1. The molecule has 0 aliphatic carbocycles. The Morgan fingerprint density at radius 1 is 1.03 bits per heavy atom. The van der Waals surface area contributed by atoms with Crippen molar-refractivity contribution in [1.82, 2.24) is 0 Å². The Labute approximate surface area is 175 Å². The lowest BCUT2D eigenvalue weighted by atomic mass is 10.1. The Balaban J connectivity index is 1.65. The van der Waals surface area contributed by atoms with Crippen molar-refractivity contribution in [3.05, 3.63) is 94.6 Å². The number of nitriles is 1. The van der Waals surface area contributed by atoms with Gasteiger partial charge in [0.05, 0.1) is 0 Å². The normalized spacial score (nSPS) is 10.9. The highest BCUT2D eigenvalue weighted by Crippen LogP contribution is 2.18. The summed E-state index contributed by atoms with van der Waals surface area (Å²) < 4.78 is 5.84. The van der Waals surface area contributed by atoms with Crippen molar-refractivity contribution in [3.63, 3.8) is 0 Å². The number of benzene rings is 3. The Bertz CT molecular complexity index is 1090. The maximum absolute atomic E-state index is 12.3. The van der Waals surface area contributed by atoms with Gasteiger partial charge < -0.3 is 15.2 Å². The molecule has 0 unspecified atom stereocenters. The van der Waals surface area contributed by atoms with Crippen LogP contribution in [0, 0.1) is 25.2 Å². The molecule has 30 heavy (non-hydrogen) atoms. The molecule has 0 heterocycles. The van der Waals surface area contributed by atoms with Crippen molar-refractivity contribution in [1.29, 1.82) is 5.26 Å². The third kappa shape index (κ3) is 5.73. The predicted octanol–water partition coefficient (Wildman–Crippen LogP) is 5.13. The number of aryl methyl sites for hydroxylation is 2. The Morgan fingerprint density at radius 2 is 1.67 bits per heavy atom. The average molecular weight is 398 g/mol. The van der Waals surface area contributed by atoms with Gasteiger partial charge in [-0.05, 0) is 67.4 Å². The molecule has 5 heteroatoms. The number of nitrogens with zero attached hydrogens (tertiary/aromatic N) is 1. The van der Waals surface area contributed by atoms with Crippen LogP contribution in [0.1, 0.15) is 22.3 Å². The summed E-state index contributed by atoms with van der Waals surface area (Å²) in [6, 6.07) is 21.5. The molecular formula is C25H22N2O3. The molecule has 0 aliphatic rings. The van der Waals surface area contributed by atoms with Gasteiger partial charge in [-0.15, -0.1) is 0 Å². The minimum absolute atomic E-state index is 0.0213. The quantitative estimate of drug-likeness (QED) is 0.342. The minimum Gasteiger partial charge on any atom is -0.508 e. The molecule has 2 N–H and O–H groups in total. The Hall–Kier alpha value is -4.04. The van der Waals surface area contributed by atoms with Crippen molar-refractivity contribution >= 4 is 17.7 Å². The van der Waals surface area contributed by atoms with Crippen LogP contribution in [0.2, 0.25) is 0 Å². The highest BCUT2D eigenvalue weighted by molar-refractivity contribution is 6.09. The first-order valence-electron chi connectivity index (χ1n) is 9.45. The summed E-state index contributed by atoms with van der Waals surface area (Å²) in [5, 5.41) is 21.3. The number of phenolic OH excluding ortho intramolecular Hbond substituents is 1. The number of hydrogen-bond acceptors (Lipinski definition) is 4. The van der Waals surface area contributed by atoms with Crippen molar-refractivity contribution < 1.29 is 14.6 Å². The first-order chi connectivity index (χ1) is 14.4. The summed E-state index contributed by atoms with van der Waals surface area (Å²) in [7, 11) is 0. The predicted molar refractivity (Wildman–Crippen MR) is 117 cm³/mol. The Morgan fingerprint density at radius 3 is 2.27 bits per heavy atom. The molecule has 0 fully saturated rings. The third-order valence-electron chi connectivity index (χ3n) is 4.37. The zero-order valence-corrected chi connectivity index (χ0v) is 16.8. The second-order valence-electron chi connectivity index (χ2n) is 7.02. The van der Waals surface area contributed by atoms with Gasteiger partial charge in [0.2, 0.25) is 0 Å². The molecule has 0 atom stereocenters. The molecule has 3 aromatic carbocycles. The fraction of sp³-hybridized carbons (Fsp3) is 0.120. The summed E-state index contributed by atoms with van der Waals surface area (Å²) in [5.41, 5.74) is 4.69. The van der Waals surface area contributed by atoms with Gasteiger partial charge in [-0.25, -0.2) is 0 Å². The molecule has 0 radical (unpaired) electrons. The van der Waals surface area contributed by atoms with Crippen molar-refractivity contribution in [2.24, 2.45) is 0 Å². The number of rotatable bonds is 6. The van der Waals surface area contributed by atoms with Crippen molar-refractivity contribution in [3.8, 4) is 17.6 Å². The molecule has 0 spiro atoms. The first kappa shape index (κ1) is 20.7. The van der Waals surface area contributed by atoms with E-state index in [0.29, 0.717) is 23.6 Å². The fourth-order valence-electron chi connectivity index (χ4n) is 3.04. The van der Waals surface area contributed by atoms with Gasteiger partial charge in [0.1, 0.15) is 29.7 Å². The van der Waals surface area contributed by atoms with E-state index in [4.69, 9.17) is 4.74 Å². The van der Waals surface area contributed by atoms with Crippen LogP contribution in [0.15, 0.2) is 72.3 Å². The fourth-order valence-corrected chi connectivity index (χ4v) is 3.04. The van der Waals surface area contributed by atoms with E-state index >= 15 is 0 Å². The van der Waals surface area contributed by atoms with Crippen LogP contribution >= 0.6 is 0 Å². The second kappa shape index (κ2) is 9.44. The number of nitrogens with one attached hydrogen (secondary N) is 1. The molecule has 0 saturated carbocycles. The third-order valence-corrected chi connectivity index (χ3v) is 4.37. The molecule has 3 rings (SSSR count). The average Bonchev–Trinajstić information content (AvgIpc) is 2.72. The number of hydrogen-bond donors (Lipinski definition) is 2. The highest BCUT2D eigenvalue weighted by atomic mass is 16.5. The number of ether oxygens (including phenoxy) is 1. The first-order valence-corrected chi connectivity index (χ1v) is 9.45.